The molecule has 21 heavy (non-hydrogen) atoms. The van der Waals surface area contributed by atoms with Crippen LogP contribution in [0.3, 0.4) is 0 Å². The van der Waals surface area contributed by atoms with E-state index >= 15 is 0 Å². The van der Waals surface area contributed by atoms with Crippen LogP contribution in [0.25, 0.3) is 6.08 Å². The number of hydrogen-bond donors (Lipinski definition) is 0. The van der Waals surface area contributed by atoms with E-state index in [2.05, 4.69) is 0 Å². The lowest BCUT2D eigenvalue weighted by Gasteiger charge is -2.32. The summed E-state index contributed by atoms with van der Waals surface area (Å²) in [6.45, 7) is 1.41. The van der Waals surface area contributed by atoms with Crippen LogP contribution in [0.5, 0.6) is 0 Å². The minimum Gasteiger partial charge on any atom is -0.469 e. The quantitative estimate of drug-likeness (QED) is 0.631. The Bertz CT molecular complexity index is 553. The van der Waals surface area contributed by atoms with Gasteiger partial charge in [0.2, 0.25) is 5.91 Å². The van der Waals surface area contributed by atoms with Crippen LogP contribution in [0.15, 0.2) is 28.9 Å². The van der Waals surface area contributed by atoms with Gasteiger partial charge in [0, 0.05) is 19.2 Å². The Kier molecular flexibility index (Phi) is 3.57. The summed E-state index contributed by atoms with van der Waals surface area (Å²) < 4.78 is 9.97. The number of esters is 1. The largest absolute Gasteiger partial charge is 0.469 e. The summed E-state index contributed by atoms with van der Waals surface area (Å²) in [7, 11) is 1.44. The van der Waals surface area contributed by atoms with Gasteiger partial charge in [0.05, 0.1) is 19.3 Å². The molecule has 0 radical (unpaired) electrons. The summed E-state index contributed by atoms with van der Waals surface area (Å²) in [4.78, 5) is 25.5. The van der Waals surface area contributed by atoms with Gasteiger partial charge in [-0.25, -0.2) is 0 Å². The number of piperidine rings is 1. The molecule has 1 amide bonds. The highest BCUT2D eigenvalue weighted by molar-refractivity contribution is 5.91. The number of nitrogens with zero attached hydrogens (tertiary/aromatic N) is 1. The van der Waals surface area contributed by atoms with Crippen molar-refractivity contribution < 1.29 is 18.7 Å². The van der Waals surface area contributed by atoms with E-state index in [9.17, 15) is 9.59 Å². The fraction of sp³-hybridized carbons (Fsp3) is 0.500. The van der Waals surface area contributed by atoms with Crippen molar-refractivity contribution in [3.05, 3.63) is 30.2 Å². The van der Waals surface area contributed by atoms with Crippen LogP contribution in [0.1, 0.15) is 25.0 Å². The topological polar surface area (TPSA) is 59.8 Å². The maximum absolute atomic E-state index is 12.1. The number of rotatable bonds is 3. The monoisotopic (exact) mass is 289 g/mol. The highest BCUT2D eigenvalue weighted by Crippen LogP contribution is 2.59. The molecule has 1 atom stereocenters. The van der Waals surface area contributed by atoms with E-state index in [1.165, 1.54) is 7.11 Å². The highest BCUT2D eigenvalue weighted by Gasteiger charge is 2.59. The van der Waals surface area contributed by atoms with Crippen molar-refractivity contribution in [2.24, 2.45) is 11.3 Å². The summed E-state index contributed by atoms with van der Waals surface area (Å²) in [6.07, 6.45) is 7.47. The van der Waals surface area contributed by atoms with Crippen LogP contribution in [0.4, 0.5) is 0 Å². The maximum atomic E-state index is 12.1. The fourth-order valence-electron chi connectivity index (χ4n) is 3.19. The van der Waals surface area contributed by atoms with Crippen molar-refractivity contribution in [2.75, 3.05) is 20.2 Å². The number of likely N-dealkylation sites (tertiary alicyclic amines) is 1. The molecule has 1 saturated carbocycles. The Morgan fingerprint density at radius 3 is 2.81 bits per heavy atom. The number of carbonyl (C=O) groups excluding carboxylic acids is 2. The lowest BCUT2D eigenvalue weighted by atomic mass is 9.91. The molecule has 3 rings (SSSR count). The Morgan fingerprint density at radius 2 is 2.19 bits per heavy atom. The van der Waals surface area contributed by atoms with Gasteiger partial charge in [0.25, 0.3) is 0 Å². The summed E-state index contributed by atoms with van der Waals surface area (Å²) in [5, 5.41) is 0. The first kappa shape index (κ1) is 13.9. The third-order valence-electron chi connectivity index (χ3n) is 4.68. The number of furan rings is 1. The predicted octanol–water partition coefficient (Wildman–Crippen LogP) is 2.09. The minimum atomic E-state index is -0.104. The van der Waals surface area contributed by atoms with Crippen LogP contribution >= 0.6 is 0 Å². The van der Waals surface area contributed by atoms with Gasteiger partial charge in [-0.15, -0.1) is 0 Å². The molecule has 1 saturated heterocycles. The molecule has 1 aliphatic heterocycles. The zero-order valence-corrected chi connectivity index (χ0v) is 12.1. The lowest BCUT2D eigenvalue weighted by Crippen LogP contribution is -2.39. The molecule has 2 heterocycles. The van der Waals surface area contributed by atoms with E-state index in [4.69, 9.17) is 9.15 Å². The Hall–Kier alpha value is -2.04. The molecular weight excluding hydrogens is 270 g/mol. The van der Waals surface area contributed by atoms with Crippen LogP contribution in [-0.4, -0.2) is 37.0 Å². The molecule has 2 fully saturated rings. The van der Waals surface area contributed by atoms with E-state index in [1.54, 1.807) is 30.5 Å². The van der Waals surface area contributed by atoms with Gasteiger partial charge in [0.15, 0.2) is 0 Å². The van der Waals surface area contributed by atoms with Crippen LogP contribution in [0.2, 0.25) is 0 Å². The first-order valence-electron chi connectivity index (χ1n) is 7.23. The third kappa shape index (κ3) is 2.73. The summed E-state index contributed by atoms with van der Waals surface area (Å²) in [5.74, 6) is 0.604. The van der Waals surface area contributed by atoms with Crippen molar-refractivity contribution in [1.82, 2.24) is 4.90 Å². The average molecular weight is 289 g/mol. The van der Waals surface area contributed by atoms with Gasteiger partial charge in [-0.1, -0.05) is 0 Å². The number of ether oxygens (including phenoxy) is 1. The smallest absolute Gasteiger partial charge is 0.309 e. The van der Waals surface area contributed by atoms with Crippen molar-refractivity contribution in [3.8, 4) is 0 Å². The van der Waals surface area contributed by atoms with Gasteiger partial charge < -0.3 is 14.1 Å². The Labute approximate surface area is 123 Å². The zero-order chi connectivity index (χ0) is 14.9. The molecular formula is C16H19NO4. The minimum absolute atomic E-state index is 0.00322. The number of amides is 1. The number of methoxy groups -OCH3 is 1. The number of carbonyl (C=O) groups is 2. The average Bonchev–Trinajstić information content (AvgIpc) is 2.97. The van der Waals surface area contributed by atoms with Crippen LogP contribution < -0.4 is 0 Å². The van der Waals surface area contributed by atoms with E-state index in [-0.39, 0.29) is 23.2 Å². The SMILES string of the molecule is COC(=O)[C@H]1CC12CCN(C(=O)/C=C/c1ccco1)CC2. The fourth-order valence-corrected chi connectivity index (χ4v) is 3.19. The van der Waals surface area contributed by atoms with Gasteiger partial charge in [-0.2, -0.15) is 0 Å². The first-order valence-corrected chi connectivity index (χ1v) is 7.23. The molecule has 0 N–H and O–H groups in total. The Balaban J connectivity index is 1.52. The second-order valence-corrected chi connectivity index (χ2v) is 5.82. The molecule has 1 spiro atoms. The van der Waals surface area contributed by atoms with Gasteiger partial charge in [0.1, 0.15) is 5.76 Å². The van der Waals surface area contributed by atoms with E-state index in [1.807, 2.05) is 4.90 Å². The first-order chi connectivity index (χ1) is 10.1. The van der Waals surface area contributed by atoms with Crippen molar-refractivity contribution >= 4 is 18.0 Å². The maximum Gasteiger partial charge on any atom is 0.309 e. The molecule has 1 aromatic rings. The molecule has 112 valence electrons. The standard InChI is InChI=1S/C16H19NO4/c1-20-15(19)13-11-16(13)6-8-17(9-7-16)14(18)5-4-12-3-2-10-21-12/h2-5,10,13H,6-9,11H2,1H3/b5-4+/t13-/m1/s1. The van der Waals surface area contributed by atoms with Gasteiger partial charge in [-0.3, -0.25) is 9.59 Å². The van der Waals surface area contributed by atoms with Crippen molar-refractivity contribution in [3.63, 3.8) is 0 Å². The van der Waals surface area contributed by atoms with E-state index < -0.39 is 0 Å². The number of hydrogen-bond acceptors (Lipinski definition) is 4. The van der Waals surface area contributed by atoms with E-state index in [0.29, 0.717) is 18.8 Å². The summed E-state index contributed by atoms with van der Waals surface area (Å²) in [5.41, 5.74) is 0.0919. The molecule has 0 bridgehead atoms. The van der Waals surface area contributed by atoms with Gasteiger partial charge in [-0.05, 0) is 42.9 Å². The summed E-state index contributed by atoms with van der Waals surface area (Å²) in [6, 6.07) is 3.59. The molecule has 5 nitrogen and oxygen atoms in total. The molecule has 2 aliphatic rings. The van der Waals surface area contributed by atoms with Crippen molar-refractivity contribution in [1.29, 1.82) is 0 Å². The highest BCUT2D eigenvalue weighted by atomic mass is 16.5. The molecule has 1 aliphatic carbocycles. The predicted molar refractivity (Wildman–Crippen MR) is 76.1 cm³/mol. The normalized spacial score (nSPS) is 23.5. The molecule has 0 unspecified atom stereocenters. The van der Waals surface area contributed by atoms with Crippen LogP contribution in [0, 0.1) is 11.3 Å². The van der Waals surface area contributed by atoms with Crippen molar-refractivity contribution in [2.45, 2.75) is 19.3 Å². The zero-order valence-electron chi connectivity index (χ0n) is 12.1. The molecule has 1 aromatic heterocycles. The van der Waals surface area contributed by atoms with Crippen LogP contribution in [-0.2, 0) is 14.3 Å². The second kappa shape index (κ2) is 5.39. The van der Waals surface area contributed by atoms with Gasteiger partial charge >= 0.3 is 5.97 Å². The third-order valence-corrected chi connectivity index (χ3v) is 4.68. The Morgan fingerprint density at radius 1 is 1.43 bits per heavy atom. The molecule has 5 heteroatoms. The summed E-state index contributed by atoms with van der Waals surface area (Å²) >= 11 is 0. The van der Waals surface area contributed by atoms with E-state index in [0.717, 1.165) is 19.3 Å². The second-order valence-electron chi connectivity index (χ2n) is 5.82. The lowest BCUT2D eigenvalue weighted by molar-refractivity contribution is -0.143. The molecule has 0 aromatic carbocycles.